The fraction of sp³-hybridized carbons (Fsp3) is 0.130. The summed E-state index contributed by atoms with van der Waals surface area (Å²) < 4.78 is 65.5. The molecule has 0 radical (unpaired) electrons. The maximum absolute atomic E-state index is 13.9. The first-order chi connectivity index (χ1) is 14.6. The lowest BCUT2D eigenvalue weighted by atomic mass is 9.96. The molecule has 0 fully saturated rings. The van der Waals surface area contributed by atoms with Gasteiger partial charge in [0.1, 0.15) is 11.6 Å². The SMILES string of the molecule is O=C(NC(Cc1ccc(C(F)(F)F)cc1)C(=O)c1ccc(F)cc1)c1ccccc1F. The smallest absolute Gasteiger partial charge is 0.341 e. The third-order valence-corrected chi connectivity index (χ3v) is 4.59. The van der Waals surface area contributed by atoms with Crippen molar-refractivity contribution >= 4 is 11.7 Å². The van der Waals surface area contributed by atoms with Crippen LogP contribution in [0.15, 0.2) is 72.8 Å². The highest BCUT2D eigenvalue weighted by atomic mass is 19.4. The Morgan fingerprint density at radius 1 is 0.839 bits per heavy atom. The van der Waals surface area contributed by atoms with Crippen LogP contribution in [0.1, 0.15) is 31.8 Å². The number of benzene rings is 3. The van der Waals surface area contributed by atoms with Gasteiger partial charge in [0.05, 0.1) is 17.2 Å². The van der Waals surface area contributed by atoms with Crippen molar-refractivity contribution in [1.82, 2.24) is 5.32 Å². The molecular weight excluding hydrogens is 417 g/mol. The van der Waals surface area contributed by atoms with Crippen LogP contribution < -0.4 is 5.32 Å². The first-order valence-electron chi connectivity index (χ1n) is 9.16. The van der Waals surface area contributed by atoms with Gasteiger partial charge in [0.15, 0.2) is 5.78 Å². The standard InChI is InChI=1S/C23H16F5NO2/c24-17-11-7-15(8-12-17)21(30)20(29-22(31)18-3-1-2-4-19(18)25)13-14-5-9-16(10-6-14)23(26,27)28/h1-12,20H,13H2,(H,29,31). The summed E-state index contributed by atoms with van der Waals surface area (Å²) in [6.45, 7) is 0. The fourth-order valence-electron chi connectivity index (χ4n) is 2.97. The first-order valence-corrected chi connectivity index (χ1v) is 9.16. The van der Waals surface area contributed by atoms with Gasteiger partial charge in [-0.2, -0.15) is 13.2 Å². The maximum atomic E-state index is 13.9. The van der Waals surface area contributed by atoms with Crippen LogP contribution in [0.25, 0.3) is 0 Å². The second-order valence-corrected chi connectivity index (χ2v) is 6.78. The van der Waals surface area contributed by atoms with Crippen LogP contribution >= 0.6 is 0 Å². The number of nitrogens with one attached hydrogen (secondary N) is 1. The maximum Gasteiger partial charge on any atom is 0.416 e. The number of amides is 1. The van der Waals surface area contributed by atoms with E-state index in [4.69, 9.17) is 0 Å². The van der Waals surface area contributed by atoms with E-state index in [-0.39, 0.29) is 17.5 Å². The summed E-state index contributed by atoms with van der Waals surface area (Å²) in [5.74, 6) is -2.80. The number of halogens is 5. The Morgan fingerprint density at radius 3 is 2.03 bits per heavy atom. The summed E-state index contributed by atoms with van der Waals surface area (Å²) >= 11 is 0. The highest BCUT2D eigenvalue weighted by Gasteiger charge is 2.30. The number of carbonyl (C=O) groups excluding carboxylic acids is 2. The zero-order valence-corrected chi connectivity index (χ0v) is 15.9. The Labute approximate surface area is 174 Å². The minimum Gasteiger partial charge on any atom is -0.341 e. The lowest BCUT2D eigenvalue weighted by Gasteiger charge is -2.19. The van der Waals surface area contributed by atoms with Crippen LogP contribution in [0.2, 0.25) is 0 Å². The second-order valence-electron chi connectivity index (χ2n) is 6.78. The molecule has 0 aliphatic carbocycles. The van der Waals surface area contributed by atoms with Crippen LogP contribution in [0.5, 0.6) is 0 Å². The Balaban J connectivity index is 1.88. The normalized spacial score (nSPS) is 12.3. The topological polar surface area (TPSA) is 46.2 Å². The molecule has 0 saturated carbocycles. The predicted octanol–water partition coefficient (Wildman–Crippen LogP) is 5.21. The van der Waals surface area contributed by atoms with E-state index in [0.29, 0.717) is 5.56 Å². The van der Waals surface area contributed by atoms with Crippen LogP contribution in [0, 0.1) is 11.6 Å². The molecule has 3 rings (SSSR count). The largest absolute Gasteiger partial charge is 0.416 e. The summed E-state index contributed by atoms with van der Waals surface area (Å²) in [4.78, 5) is 25.5. The third kappa shape index (κ3) is 5.53. The van der Waals surface area contributed by atoms with Crippen molar-refractivity contribution < 1.29 is 31.5 Å². The number of alkyl halides is 3. The monoisotopic (exact) mass is 433 g/mol. The molecule has 0 heterocycles. The summed E-state index contributed by atoms with van der Waals surface area (Å²) in [5.41, 5.74) is -0.700. The van der Waals surface area contributed by atoms with Crippen molar-refractivity contribution in [2.45, 2.75) is 18.6 Å². The zero-order valence-electron chi connectivity index (χ0n) is 15.9. The molecule has 0 bridgehead atoms. The van der Waals surface area contributed by atoms with Crippen molar-refractivity contribution in [3.8, 4) is 0 Å². The van der Waals surface area contributed by atoms with E-state index in [1.807, 2.05) is 0 Å². The number of ketones is 1. The van der Waals surface area contributed by atoms with Crippen molar-refractivity contribution in [2.24, 2.45) is 0 Å². The Morgan fingerprint density at radius 2 is 1.45 bits per heavy atom. The number of rotatable bonds is 6. The van der Waals surface area contributed by atoms with E-state index in [9.17, 15) is 31.5 Å². The van der Waals surface area contributed by atoms with E-state index in [2.05, 4.69) is 5.32 Å². The van der Waals surface area contributed by atoms with Crippen LogP contribution in [-0.2, 0) is 12.6 Å². The lowest BCUT2D eigenvalue weighted by molar-refractivity contribution is -0.137. The molecule has 3 aromatic rings. The molecule has 0 saturated heterocycles. The molecule has 8 heteroatoms. The lowest BCUT2D eigenvalue weighted by Crippen LogP contribution is -2.42. The van der Waals surface area contributed by atoms with Gasteiger partial charge in [0.25, 0.3) is 5.91 Å². The third-order valence-electron chi connectivity index (χ3n) is 4.59. The van der Waals surface area contributed by atoms with Crippen molar-refractivity contribution in [1.29, 1.82) is 0 Å². The molecule has 0 aliphatic rings. The van der Waals surface area contributed by atoms with Gasteiger partial charge in [-0.1, -0.05) is 24.3 Å². The van der Waals surface area contributed by atoms with Gasteiger partial charge in [-0.3, -0.25) is 9.59 Å². The molecule has 3 nitrogen and oxygen atoms in total. The molecular formula is C23H16F5NO2. The molecule has 0 spiro atoms. The highest BCUT2D eigenvalue weighted by molar-refractivity contribution is 6.04. The molecule has 1 N–H and O–H groups in total. The van der Waals surface area contributed by atoms with Crippen molar-refractivity contribution in [3.63, 3.8) is 0 Å². The summed E-state index contributed by atoms with van der Waals surface area (Å²) in [5, 5.41) is 2.44. The number of Topliss-reactive ketones (excluding diaryl/α,β-unsaturated/α-hetero) is 1. The Kier molecular flexibility index (Phi) is 6.48. The molecule has 0 aliphatic heterocycles. The fourth-order valence-corrected chi connectivity index (χ4v) is 2.97. The predicted molar refractivity (Wildman–Crippen MR) is 104 cm³/mol. The van der Waals surface area contributed by atoms with Gasteiger partial charge in [-0.15, -0.1) is 0 Å². The Bertz CT molecular complexity index is 1080. The van der Waals surface area contributed by atoms with Crippen molar-refractivity contribution in [2.75, 3.05) is 0 Å². The van der Waals surface area contributed by atoms with E-state index in [1.54, 1.807) is 0 Å². The molecule has 1 amide bonds. The second kappa shape index (κ2) is 9.07. The number of hydrogen-bond acceptors (Lipinski definition) is 2. The van der Waals surface area contributed by atoms with Gasteiger partial charge >= 0.3 is 6.18 Å². The molecule has 1 unspecified atom stereocenters. The van der Waals surface area contributed by atoms with E-state index >= 15 is 0 Å². The molecule has 31 heavy (non-hydrogen) atoms. The van der Waals surface area contributed by atoms with Crippen LogP contribution in [0.4, 0.5) is 22.0 Å². The zero-order chi connectivity index (χ0) is 22.6. The van der Waals surface area contributed by atoms with E-state index in [0.717, 1.165) is 30.3 Å². The van der Waals surface area contributed by atoms with Gasteiger partial charge in [-0.25, -0.2) is 8.78 Å². The highest BCUT2D eigenvalue weighted by Crippen LogP contribution is 2.29. The van der Waals surface area contributed by atoms with Crippen molar-refractivity contribution in [3.05, 3.63) is 107 Å². The minimum absolute atomic E-state index is 0.0899. The van der Waals surface area contributed by atoms with E-state index in [1.165, 1.54) is 42.5 Å². The van der Waals surface area contributed by atoms with Gasteiger partial charge in [-0.05, 0) is 54.1 Å². The molecule has 1 atom stereocenters. The van der Waals surface area contributed by atoms with Gasteiger partial charge in [0, 0.05) is 12.0 Å². The number of hydrogen-bond donors (Lipinski definition) is 1. The Hall–Kier alpha value is -3.55. The van der Waals surface area contributed by atoms with E-state index < -0.39 is 41.1 Å². The molecule has 0 aromatic heterocycles. The average Bonchev–Trinajstić information content (AvgIpc) is 2.73. The number of carbonyl (C=O) groups is 2. The van der Waals surface area contributed by atoms with Gasteiger partial charge in [0.2, 0.25) is 0 Å². The average molecular weight is 433 g/mol. The van der Waals surface area contributed by atoms with Crippen LogP contribution in [0.3, 0.4) is 0 Å². The quantitative estimate of drug-likeness (QED) is 0.429. The van der Waals surface area contributed by atoms with Gasteiger partial charge < -0.3 is 5.32 Å². The minimum atomic E-state index is -4.51. The summed E-state index contributed by atoms with van der Waals surface area (Å²) in [6.07, 6.45) is -4.66. The summed E-state index contributed by atoms with van der Waals surface area (Å²) in [7, 11) is 0. The van der Waals surface area contributed by atoms with Crippen LogP contribution in [-0.4, -0.2) is 17.7 Å². The molecule has 160 valence electrons. The molecule has 3 aromatic carbocycles. The first kappa shape index (κ1) is 22.1. The summed E-state index contributed by atoms with van der Waals surface area (Å²) in [6, 6.07) is 12.7.